The van der Waals surface area contributed by atoms with Gasteiger partial charge in [0.2, 0.25) is 0 Å². The van der Waals surface area contributed by atoms with Crippen LogP contribution >= 0.6 is 23.0 Å². The van der Waals surface area contributed by atoms with Crippen molar-refractivity contribution >= 4 is 45.1 Å². The van der Waals surface area contributed by atoms with Gasteiger partial charge in [-0.15, -0.1) is 0 Å². The van der Waals surface area contributed by atoms with Crippen LogP contribution < -0.4 is 3.07 Å². The van der Waals surface area contributed by atoms with Crippen LogP contribution in [0.5, 0.6) is 5.75 Å². The summed E-state index contributed by atoms with van der Waals surface area (Å²) in [4.78, 5) is 8.77. The maximum atomic E-state index is 13.1. The number of hydrogen-bond donors (Lipinski definition) is 0. The van der Waals surface area contributed by atoms with E-state index >= 15 is 0 Å². The molecule has 2 aromatic carbocycles. The Balaban J connectivity index is 2.35. The quantitative estimate of drug-likeness (QED) is 0.501. The van der Waals surface area contributed by atoms with E-state index in [0.717, 1.165) is 11.0 Å². The summed E-state index contributed by atoms with van der Waals surface area (Å²) in [5.74, 6) is 0.409. The molecular formula is C12H6FIN2O. The van der Waals surface area contributed by atoms with Gasteiger partial charge in [-0.2, -0.15) is 0 Å². The smallest absolute Gasteiger partial charge is 0.192 e. The molecule has 3 rings (SSSR count). The van der Waals surface area contributed by atoms with Crippen LogP contribution in [-0.2, 0) is 0 Å². The standard InChI is InChI=1S/C12H6FIN2O/c13-7-1-3-9-11(5-7)15-10-4-2-8(17-14)6-12(10)16-9/h1-6H. The molecule has 0 saturated carbocycles. The van der Waals surface area contributed by atoms with Gasteiger partial charge in [0.1, 0.15) is 11.6 Å². The molecule has 5 heteroatoms. The van der Waals surface area contributed by atoms with Crippen molar-refractivity contribution in [3.63, 3.8) is 0 Å². The van der Waals surface area contributed by atoms with Gasteiger partial charge in [0, 0.05) is 12.1 Å². The van der Waals surface area contributed by atoms with Crippen molar-refractivity contribution in [3.8, 4) is 5.75 Å². The Kier molecular flexibility index (Phi) is 2.54. The molecule has 3 nitrogen and oxygen atoms in total. The van der Waals surface area contributed by atoms with Crippen LogP contribution in [0.2, 0.25) is 0 Å². The summed E-state index contributed by atoms with van der Waals surface area (Å²) in [6, 6.07) is 9.79. The Morgan fingerprint density at radius 3 is 2.24 bits per heavy atom. The molecule has 1 aromatic heterocycles. The monoisotopic (exact) mass is 340 g/mol. The molecule has 0 spiro atoms. The summed E-state index contributed by atoms with van der Waals surface area (Å²) in [5, 5.41) is 0. The largest absolute Gasteiger partial charge is 0.428 e. The van der Waals surface area contributed by atoms with Gasteiger partial charge >= 0.3 is 0 Å². The highest BCUT2D eigenvalue weighted by Gasteiger charge is 2.04. The third-order valence-corrected chi connectivity index (χ3v) is 2.96. The Hall–Kier alpha value is -1.50. The van der Waals surface area contributed by atoms with E-state index in [1.54, 1.807) is 24.3 Å². The van der Waals surface area contributed by atoms with Crippen molar-refractivity contribution in [2.24, 2.45) is 0 Å². The molecule has 0 atom stereocenters. The van der Waals surface area contributed by atoms with E-state index in [1.165, 1.54) is 12.1 Å². The second kappa shape index (κ2) is 4.06. The lowest BCUT2D eigenvalue weighted by Gasteiger charge is -2.02. The maximum absolute atomic E-state index is 13.1. The second-order valence-corrected chi connectivity index (χ2v) is 4.02. The highest BCUT2D eigenvalue weighted by atomic mass is 127. The predicted octanol–water partition coefficient (Wildman–Crippen LogP) is 3.65. The van der Waals surface area contributed by atoms with Gasteiger partial charge in [0.25, 0.3) is 0 Å². The van der Waals surface area contributed by atoms with E-state index in [4.69, 9.17) is 3.07 Å². The minimum Gasteiger partial charge on any atom is -0.428 e. The third kappa shape index (κ3) is 1.90. The minimum absolute atomic E-state index is 0.307. The molecule has 0 fully saturated rings. The number of aromatic nitrogens is 2. The Morgan fingerprint density at radius 1 is 0.882 bits per heavy atom. The van der Waals surface area contributed by atoms with Gasteiger partial charge in [-0.3, -0.25) is 0 Å². The van der Waals surface area contributed by atoms with Gasteiger partial charge in [-0.1, -0.05) is 0 Å². The summed E-state index contributed by atoms with van der Waals surface area (Å²) in [6.45, 7) is 0. The zero-order valence-electron chi connectivity index (χ0n) is 8.52. The first-order chi connectivity index (χ1) is 8.26. The van der Waals surface area contributed by atoms with E-state index in [-0.39, 0.29) is 5.82 Å². The summed E-state index contributed by atoms with van der Waals surface area (Å²) >= 11 is 1.81. The zero-order chi connectivity index (χ0) is 11.8. The van der Waals surface area contributed by atoms with Crippen LogP contribution in [0.15, 0.2) is 36.4 Å². The number of fused-ring (bicyclic) bond motifs is 2. The first-order valence-electron chi connectivity index (χ1n) is 4.92. The SMILES string of the molecule is Fc1ccc2nc3cc(OI)ccc3nc2c1. The molecule has 1 heterocycles. The first-order valence-corrected chi connectivity index (χ1v) is 5.80. The Bertz CT molecular complexity index is 717. The lowest BCUT2D eigenvalue weighted by atomic mass is 10.2. The Labute approximate surface area is 110 Å². The highest BCUT2D eigenvalue weighted by Crippen LogP contribution is 2.22. The molecular weight excluding hydrogens is 334 g/mol. The van der Waals surface area contributed by atoms with Crippen LogP contribution in [0, 0.1) is 5.82 Å². The van der Waals surface area contributed by atoms with Crippen LogP contribution in [-0.4, -0.2) is 9.97 Å². The summed E-state index contributed by atoms with van der Waals surface area (Å²) < 4.78 is 18.2. The van der Waals surface area contributed by atoms with Crippen molar-refractivity contribution in [2.75, 3.05) is 0 Å². The van der Waals surface area contributed by atoms with Gasteiger partial charge in [-0.25, -0.2) is 14.4 Å². The van der Waals surface area contributed by atoms with E-state index in [1.807, 2.05) is 23.0 Å². The number of benzene rings is 2. The maximum Gasteiger partial charge on any atom is 0.192 e. The fourth-order valence-corrected chi connectivity index (χ4v) is 1.95. The molecule has 0 aliphatic rings. The molecule has 0 bridgehead atoms. The van der Waals surface area contributed by atoms with Crippen LogP contribution in [0.25, 0.3) is 22.1 Å². The van der Waals surface area contributed by atoms with Gasteiger partial charge < -0.3 is 3.07 Å². The number of hydrogen-bond acceptors (Lipinski definition) is 3. The fourth-order valence-electron chi connectivity index (χ4n) is 1.68. The van der Waals surface area contributed by atoms with Gasteiger partial charge in [0.05, 0.1) is 22.1 Å². The third-order valence-electron chi connectivity index (χ3n) is 2.46. The van der Waals surface area contributed by atoms with Crippen LogP contribution in [0.4, 0.5) is 4.39 Å². The predicted molar refractivity (Wildman–Crippen MR) is 71.7 cm³/mol. The van der Waals surface area contributed by atoms with E-state index in [2.05, 4.69) is 9.97 Å². The van der Waals surface area contributed by atoms with Crippen molar-refractivity contribution in [1.29, 1.82) is 0 Å². The number of nitrogens with zero attached hydrogens (tertiary/aromatic N) is 2. The lowest BCUT2D eigenvalue weighted by Crippen LogP contribution is -1.88. The average Bonchev–Trinajstić information content (AvgIpc) is 2.35. The summed E-state index contributed by atoms with van der Waals surface area (Å²) in [6.07, 6.45) is 0. The molecule has 0 saturated heterocycles. The highest BCUT2D eigenvalue weighted by molar-refractivity contribution is 14.1. The van der Waals surface area contributed by atoms with Gasteiger partial charge in [0.15, 0.2) is 23.0 Å². The molecule has 0 radical (unpaired) electrons. The molecule has 0 aliphatic carbocycles. The van der Waals surface area contributed by atoms with Crippen LogP contribution in [0.3, 0.4) is 0 Å². The summed E-state index contributed by atoms with van der Waals surface area (Å²) in [7, 11) is 0. The fraction of sp³-hybridized carbons (Fsp3) is 0. The molecule has 3 aromatic rings. The lowest BCUT2D eigenvalue weighted by molar-refractivity contribution is 0.629. The second-order valence-electron chi connectivity index (χ2n) is 3.58. The molecule has 0 amide bonds. The first kappa shape index (κ1) is 10.6. The normalized spacial score (nSPS) is 10.9. The number of halogens is 2. The molecule has 84 valence electrons. The molecule has 0 aliphatic heterocycles. The van der Waals surface area contributed by atoms with Crippen molar-refractivity contribution in [2.45, 2.75) is 0 Å². The topological polar surface area (TPSA) is 35.0 Å². The zero-order valence-corrected chi connectivity index (χ0v) is 10.7. The minimum atomic E-state index is -0.307. The van der Waals surface area contributed by atoms with Crippen LogP contribution in [0.1, 0.15) is 0 Å². The van der Waals surface area contributed by atoms with E-state index < -0.39 is 0 Å². The Morgan fingerprint density at radius 2 is 1.53 bits per heavy atom. The van der Waals surface area contributed by atoms with Crippen molar-refractivity contribution < 1.29 is 7.46 Å². The van der Waals surface area contributed by atoms with Gasteiger partial charge in [-0.05, 0) is 24.3 Å². The summed E-state index contributed by atoms with van der Waals surface area (Å²) in [5.41, 5.74) is 2.68. The molecule has 0 unspecified atom stereocenters. The molecule has 0 N–H and O–H groups in total. The number of rotatable bonds is 1. The van der Waals surface area contributed by atoms with E-state index in [9.17, 15) is 4.39 Å². The van der Waals surface area contributed by atoms with Crippen molar-refractivity contribution in [3.05, 3.63) is 42.2 Å². The van der Waals surface area contributed by atoms with E-state index in [0.29, 0.717) is 16.8 Å². The molecule has 17 heavy (non-hydrogen) atoms. The van der Waals surface area contributed by atoms with Crippen molar-refractivity contribution in [1.82, 2.24) is 9.97 Å². The average molecular weight is 340 g/mol.